The van der Waals surface area contributed by atoms with Crippen LogP contribution in [0.15, 0.2) is 16.8 Å². The zero-order valence-electron chi connectivity index (χ0n) is 6.50. The van der Waals surface area contributed by atoms with E-state index < -0.39 is 0 Å². The Kier molecular flexibility index (Phi) is 2.25. The van der Waals surface area contributed by atoms with Gasteiger partial charge in [-0.05, 0) is 6.92 Å². The standard InChI is InChI=1S/C7H10N2O2/c1-5(9-6(2)10)7-3-4-8-11-7/h3-5H,1-2H3,(H,9,10). The van der Waals surface area contributed by atoms with Crippen molar-refractivity contribution in [1.29, 1.82) is 0 Å². The van der Waals surface area contributed by atoms with Crippen LogP contribution in [-0.2, 0) is 4.79 Å². The molecule has 0 saturated heterocycles. The van der Waals surface area contributed by atoms with E-state index in [0.29, 0.717) is 5.76 Å². The van der Waals surface area contributed by atoms with Gasteiger partial charge >= 0.3 is 0 Å². The minimum atomic E-state index is -0.102. The van der Waals surface area contributed by atoms with Gasteiger partial charge < -0.3 is 9.84 Å². The van der Waals surface area contributed by atoms with Crippen molar-refractivity contribution in [3.8, 4) is 0 Å². The molecule has 60 valence electrons. The lowest BCUT2D eigenvalue weighted by Crippen LogP contribution is -2.23. The van der Waals surface area contributed by atoms with Gasteiger partial charge in [-0.3, -0.25) is 4.79 Å². The average molecular weight is 154 g/mol. The van der Waals surface area contributed by atoms with Crippen LogP contribution in [0.5, 0.6) is 0 Å². The number of nitrogens with zero attached hydrogens (tertiary/aromatic N) is 1. The molecule has 1 rings (SSSR count). The highest BCUT2D eigenvalue weighted by molar-refractivity contribution is 5.73. The summed E-state index contributed by atoms with van der Waals surface area (Å²) in [6.45, 7) is 3.30. The Morgan fingerprint density at radius 2 is 2.55 bits per heavy atom. The molecule has 0 spiro atoms. The topological polar surface area (TPSA) is 55.1 Å². The van der Waals surface area contributed by atoms with E-state index in [-0.39, 0.29) is 11.9 Å². The molecule has 0 aliphatic heterocycles. The number of rotatable bonds is 2. The molecule has 1 amide bonds. The second-order valence-electron chi connectivity index (χ2n) is 2.34. The summed E-state index contributed by atoms with van der Waals surface area (Å²) in [7, 11) is 0. The van der Waals surface area contributed by atoms with Crippen LogP contribution >= 0.6 is 0 Å². The third kappa shape index (κ3) is 2.07. The summed E-state index contributed by atoms with van der Waals surface area (Å²) in [5.74, 6) is 0.592. The summed E-state index contributed by atoms with van der Waals surface area (Å²) in [6.07, 6.45) is 1.55. The largest absolute Gasteiger partial charge is 0.359 e. The van der Waals surface area contributed by atoms with Crippen molar-refractivity contribution in [3.63, 3.8) is 0 Å². The minimum absolute atomic E-state index is 0.0751. The molecule has 1 heterocycles. The molecular weight excluding hydrogens is 144 g/mol. The highest BCUT2D eigenvalue weighted by Gasteiger charge is 2.08. The summed E-state index contributed by atoms with van der Waals surface area (Å²) in [6, 6.07) is 1.62. The molecule has 0 saturated carbocycles. The van der Waals surface area contributed by atoms with Crippen LogP contribution in [-0.4, -0.2) is 11.1 Å². The van der Waals surface area contributed by atoms with Gasteiger partial charge in [-0.2, -0.15) is 0 Å². The number of aromatic nitrogens is 1. The van der Waals surface area contributed by atoms with E-state index in [4.69, 9.17) is 4.52 Å². The quantitative estimate of drug-likeness (QED) is 0.687. The number of carbonyl (C=O) groups is 1. The fourth-order valence-electron chi connectivity index (χ4n) is 0.825. The Bertz CT molecular complexity index is 231. The first-order valence-electron chi connectivity index (χ1n) is 3.38. The second kappa shape index (κ2) is 3.18. The second-order valence-corrected chi connectivity index (χ2v) is 2.34. The van der Waals surface area contributed by atoms with Gasteiger partial charge in [0.1, 0.15) is 0 Å². The van der Waals surface area contributed by atoms with E-state index in [1.165, 1.54) is 6.92 Å². The average Bonchev–Trinajstić information content (AvgIpc) is 2.35. The van der Waals surface area contributed by atoms with Gasteiger partial charge in [-0.25, -0.2) is 0 Å². The summed E-state index contributed by atoms with van der Waals surface area (Å²) < 4.78 is 4.83. The van der Waals surface area contributed by atoms with E-state index in [2.05, 4.69) is 10.5 Å². The summed E-state index contributed by atoms with van der Waals surface area (Å²) >= 11 is 0. The molecule has 0 aromatic carbocycles. The van der Waals surface area contributed by atoms with Crippen LogP contribution in [0, 0.1) is 0 Å². The molecular formula is C7H10N2O2. The summed E-state index contributed by atoms with van der Waals surface area (Å²) in [4.78, 5) is 10.6. The molecule has 4 heteroatoms. The maximum Gasteiger partial charge on any atom is 0.217 e. The molecule has 0 radical (unpaired) electrons. The Morgan fingerprint density at radius 3 is 3.00 bits per heavy atom. The van der Waals surface area contributed by atoms with Crippen LogP contribution in [0.4, 0.5) is 0 Å². The Morgan fingerprint density at radius 1 is 1.82 bits per heavy atom. The van der Waals surface area contributed by atoms with Gasteiger partial charge in [0, 0.05) is 13.0 Å². The highest BCUT2D eigenvalue weighted by Crippen LogP contribution is 2.09. The van der Waals surface area contributed by atoms with E-state index in [1.807, 2.05) is 6.92 Å². The maximum atomic E-state index is 10.6. The van der Waals surface area contributed by atoms with Gasteiger partial charge in [0.05, 0.1) is 12.2 Å². The maximum absolute atomic E-state index is 10.6. The molecule has 1 unspecified atom stereocenters. The van der Waals surface area contributed by atoms with Gasteiger partial charge in [0.2, 0.25) is 5.91 Å². The lowest BCUT2D eigenvalue weighted by atomic mass is 10.2. The molecule has 1 atom stereocenters. The number of hydrogen-bond acceptors (Lipinski definition) is 3. The molecule has 0 fully saturated rings. The van der Waals surface area contributed by atoms with Crippen LogP contribution in [0.25, 0.3) is 0 Å². The molecule has 1 aromatic heterocycles. The normalized spacial score (nSPS) is 12.5. The molecule has 0 bridgehead atoms. The smallest absolute Gasteiger partial charge is 0.217 e. The fraction of sp³-hybridized carbons (Fsp3) is 0.429. The minimum Gasteiger partial charge on any atom is -0.359 e. The Hall–Kier alpha value is -1.32. The van der Waals surface area contributed by atoms with Gasteiger partial charge in [-0.1, -0.05) is 5.16 Å². The van der Waals surface area contributed by atoms with E-state index in [1.54, 1.807) is 12.3 Å². The number of amides is 1. The van der Waals surface area contributed by atoms with E-state index >= 15 is 0 Å². The SMILES string of the molecule is CC(=O)NC(C)c1ccno1. The monoisotopic (exact) mass is 154 g/mol. The van der Waals surface area contributed by atoms with Gasteiger partial charge in [-0.15, -0.1) is 0 Å². The van der Waals surface area contributed by atoms with E-state index in [9.17, 15) is 4.79 Å². The predicted molar refractivity (Wildman–Crippen MR) is 38.7 cm³/mol. The van der Waals surface area contributed by atoms with Crippen LogP contribution in [0.2, 0.25) is 0 Å². The van der Waals surface area contributed by atoms with Crippen LogP contribution < -0.4 is 5.32 Å². The van der Waals surface area contributed by atoms with Gasteiger partial charge in [0.25, 0.3) is 0 Å². The molecule has 0 aliphatic rings. The van der Waals surface area contributed by atoms with Crippen molar-refractivity contribution in [2.24, 2.45) is 0 Å². The van der Waals surface area contributed by atoms with Crippen molar-refractivity contribution >= 4 is 5.91 Å². The third-order valence-corrected chi connectivity index (χ3v) is 1.30. The molecule has 0 aliphatic carbocycles. The molecule has 11 heavy (non-hydrogen) atoms. The zero-order valence-corrected chi connectivity index (χ0v) is 6.50. The van der Waals surface area contributed by atoms with Crippen LogP contribution in [0.1, 0.15) is 25.6 Å². The van der Waals surface area contributed by atoms with Crippen molar-refractivity contribution in [2.45, 2.75) is 19.9 Å². The van der Waals surface area contributed by atoms with Crippen molar-refractivity contribution in [1.82, 2.24) is 10.5 Å². The predicted octanol–water partition coefficient (Wildman–Crippen LogP) is 0.872. The zero-order chi connectivity index (χ0) is 8.27. The molecule has 1 N–H and O–H groups in total. The first-order chi connectivity index (χ1) is 5.20. The highest BCUT2D eigenvalue weighted by atomic mass is 16.5. The van der Waals surface area contributed by atoms with Crippen molar-refractivity contribution in [3.05, 3.63) is 18.0 Å². The molecule has 4 nitrogen and oxygen atoms in total. The molecule has 1 aromatic rings. The van der Waals surface area contributed by atoms with Crippen LogP contribution in [0.3, 0.4) is 0 Å². The Balaban J connectivity index is 2.56. The Labute approximate surface area is 64.6 Å². The number of carbonyl (C=O) groups excluding carboxylic acids is 1. The van der Waals surface area contributed by atoms with Gasteiger partial charge in [0.15, 0.2) is 5.76 Å². The number of hydrogen-bond donors (Lipinski definition) is 1. The summed E-state index contributed by atoms with van der Waals surface area (Å²) in [5, 5.41) is 6.20. The van der Waals surface area contributed by atoms with E-state index in [0.717, 1.165) is 0 Å². The first-order valence-corrected chi connectivity index (χ1v) is 3.38. The third-order valence-electron chi connectivity index (χ3n) is 1.30. The van der Waals surface area contributed by atoms with Crippen molar-refractivity contribution < 1.29 is 9.32 Å². The lowest BCUT2D eigenvalue weighted by molar-refractivity contribution is -0.119. The first kappa shape index (κ1) is 7.78. The summed E-state index contributed by atoms with van der Waals surface area (Å²) in [5.41, 5.74) is 0. The van der Waals surface area contributed by atoms with Crippen molar-refractivity contribution in [2.75, 3.05) is 0 Å². The fourth-order valence-corrected chi connectivity index (χ4v) is 0.825. The lowest BCUT2D eigenvalue weighted by Gasteiger charge is -2.06. The number of nitrogens with one attached hydrogen (secondary N) is 1.